The van der Waals surface area contributed by atoms with E-state index in [1.165, 1.54) is 22.0 Å². The number of hydrogen-bond acceptors (Lipinski definition) is 10. The summed E-state index contributed by atoms with van der Waals surface area (Å²) in [7, 11) is 0.0138. The largest absolute Gasteiger partial charge is 0.488 e. The third kappa shape index (κ3) is 7.60. The van der Waals surface area contributed by atoms with Gasteiger partial charge in [0, 0.05) is 32.4 Å². The number of nitrogens with zero attached hydrogens (tertiary/aromatic N) is 4. The maximum absolute atomic E-state index is 12.9. The zero-order valence-electron chi connectivity index (χ0n) is 25.6. The van der Waals surface area contributed by atoms with Gasteiger partial charge in [0.15, 0.2) is 5.82 Å². The van der Waals surface area contributed by atoms with Crippen LogP contribution in [0.5, 0.6) is 5.75 Å². The third-order valence-corrected chi connectivity index (χ3v) is 10.4. The van der Waals surface area contributed by atoms with E-state index >= 15 is 0 Å². The van der Waals surface area contributed by atoms with Crippen LogP contribution in [0.1, 0.15) is 69.4 Å². The Labute approximate surface area is 259 Å². The fourth-order valence-electron chi connectivity index (χ4n) is 5.46. The average Bonchev–Trinajstić information content (AvgIpc) is 3.71. The summed E-state index contributed by atoms with van der Waals surface area (Å²) in [4.78, 5) is 8.99. The van der Waals surface area contributed by atoms with Gasteiger partial charge in [-0.25, -0.2) is 13.4 Å². The van der Waals surface area contributed by atoms with E-state index in [-0.39, 0.29) is 22.0 Å². The van der Waals surface area contributed by atoms with Crippen molar-refractivity contribution >= 4 is 44.6 Å². The van der Waals surface area contributed by atoms with Gasteiger partial charge < -0.3 is 26.0 Å². The van der Waals surface area contributed by atoms with Gasteiger partial charge in [0.1, 0.15) is 10.8 Å². The van der Waals surface area contributed by atoms with Crippen molar-refractivity contribution in [1.82, 2.24) is 30.4 Å². The maximum Gasteiger partial charge on any atom is 0.229 e. The van der Waals surface area contributed by atoms with Gasteiger partial charge in [0.2, 0.25) is 20.8 Å². The van der Waals surface area contributed by atoms with Crippen molar-refractivity contribution in [2.45, 2.75) is 87.6 Å². The molecule has 0 unspecified atom stereocenters. The standard InChI is InChI=1S/C30H43ClN8O3S/c1-18(2)43(40,41)29-26(17-39(5)38-29)35-28-24(31)16-34-30(37-28)36-25-14-19(3)23(15-27(25)42-22-10-11-22)20-6-8-21(9-7-20)33-13-12-32-4/h14-18,20-22,32-33H,6-13H2,1-5H3,(H2,34,35,36,37). The first-order chi connectivity index (χ1) is 20.5. The van der Waals surface area contributed by atoms with Crippen LogP contribution in [0.4, 0.5) is 23.1 Å². The summed E-state index contributed by atoms with van der Waals surface area (Å²) in [6, 6.07) is 4.89. The number of benzene rings is 1. The SMILES string of the molecule is CNCCNC1CCC(c2cc(OC3CC3)c(Nc3ncc(Cl)c(Nc4cn(C)nc4S(=O)(=O)C(C)C)n3)cc2C)CC1. The highest BCUT2D eigenvalue weighted by Crippen LogP contribution is 2.41. The van der Waals surface area contributed by atoms with E-state index in [0.29, 0.717) is 23.6 Å². The number of nitrogens with one attached hydrogen (secondary N) is 4. The second kappa shape index (κ2) is 13.4. The Balaban J connectivity index is 1.36. The van der Waals surface area contributed by atoms with Crippen LogP contribution in [0.3, 0.4) is 0 Å². The Bertz CT molecular complexity index is 1530. The molecule has 0 radical (unpaired) electrons. The third-order valence-electron chi connectivity index (χ3n) is 8.09. The van der Waals surface area contributed by atoms with Crippen LogP contribution in [0.15, 0.2) is 29.6 Å². The fourth-order valence-corrected chi connectivity index (χ4v) is 6.70. The van der Waals surface area contributed by atoms with E-state index in [1.807, 2.05) is 7.05 Å². The first-order valence-electron chi connectivity index (χ1n) is 15.1. The van der Waals surface area contributed by atoms with Crippen LogP contribution in [0, 0.1) is 6.92 Å². The maximum atomic E-state index is 12.9. The van der Waals surface area contributed by atoms with Gasteiger partial charge in [-0.3, -0.25) is 4.68 Å². The molecule has 13 heteroatoms. The van der Waals surface area contributed by atoms with Gasteiger partial charge in [0.05, 0.1) is 28.9 Å². The van der Waals surface area contributed by atoms with Crippen LogP contribution in [0.2, 0.25) is 5.02 Å². The smallest absolute Gasteiger partial charge is 0.229 e. The molecule has 4 N–H and O–H groups in total. The van der Waals surface area contributed by atoms with Gasteiger partial charge in [0.25, 0.3) is 0 Å². The second-order valence-corrected chi connectivity index (χ2v) is 14.7. The lowest BCUT2D eigenvalue weighted by Gasteiger charge is -2.31. The van der Waals surface area contributed by atoms with Gasteiger partial charge in [-0.1, -0.05) is 11.6 Å². The molecule has 43 heavy (non-hydrogen) atoms. The summed E-state index contributed by atoms with van der Waals surface area (Å²) in [5.74, 6) is 1.87. The molecule has 0 atom stereocenters. The molecule has 0 bridgehead atoms. The molecule has 2 aromatic heterocycles. The fraction of sp³-hybridized carbons (Fsp3) is 0.567. The lowest BCUT2D eigenvalue weighted by Crippen LogP contribution is -2.36. The first kappa shape index (κ1) is 31.5. The molecule has 0 aliphatic heterocycles. The Morgan fingerprint density at radius 1 is 1.07 bits per heavy atom. The summed E-state index contributed by atoms with van der Waals surface area (Å²) in [6.07, 6.45) is 10.0. The van der Waals surface area contributed by atoms with Gasteiger partial charge >= 0.3 is 0 Å². The van der Waals surface area contributed by atoms with Gasteiger partial charge in [-0.2, -0.15) is 10.1 Å². The Morgan fingerprint density at radius 3 is 2.49 bits per heavy atom. The number of likely N-dealkylation sites (N-methyl/N-ethyl adjacent to an activating group) is 1. The predicted octanol–water partition coefficient (Wildman–Crippen LogP) is 5.22. The summed E-state index contributed by atoms with van der Waals surface area (Å²) in [6.45, 7) is 7.37. The molecule has 11 nitrogen and oxygen atoms in total. The topological polar surface area (TPSA) is 135 Å². The van der Waals surface area contributed by atoms with E-state index in [1.54, 1.807) is 27.1 Å². The van der Waals surface area contributed by atoms with Gasteiger partial charge in [-0.05, 0) is 95.5 Å². The number of rotatable bonds is 13. The molecule has 2 fully saturated rings. The van der Waals surface area contributed by atoms with Crippen LogP contribution in [0.25, 0.3) is 0 Å². The quantitative estimate of drug-likeness (QED) is 0.186. The average molecular weight is 631 g/mol. The predicted molar refractivity (Wildman–Crippen MR) is 171 cm³/mol. The lowest BCUT2D eigenvalue weighted by molar-refractivity contribution is 0.303. The Kier molecular flexibility index (Phi) is 9.79. The Hall–Kier alpha value is -2.93. The highest BCUT2D eigenvalue weighted by Gasteiger charge is 2.29. The molecule has 2 aliphatic carbocycles. The number of aryl methyl sites for hydroxylation is 2. The van der Waals surface area contributed by atoms with Crippen molar-refractivity contribution in [2.24, 2.45) is 7.05 Å². The number of sulfone groups is 1. The van der Waals surface area contributed by atoms with Crippen molar-refractivity contribution in [3.63, 3.8) is 0 Å². The molecular formula is C30H43ClN8O3S. The van der Waals surface area contributed by atoms with E-state index in [2.05, 4.69) is 55.4 Å². The number of hydrogen-bond donors (Lipinski definition) is 4. The van der Waals surface area contributed by atoms with E-state index in [9.17, 15) is 8.42 Å². The molecular weight excluding hydrogens is 588 g/mol. The zero-order valence-corrected chi connectivity index (χ0v) is 27.1. The minimum atomic E-state index is -3.64. The van der Waals surface area contributed by atoms with Crippen molar-refractivity contribution in [3.8, 4) is 5.75 Å². The minimum Gasteiger partial charge on any atom is -0.488 e. The summed E-state index contributed by atoms with van der Waals surface area (Å²) in [5.41, 5.74) is 3.62. The monoisotopic (exact) mass is 630 g/mol. The zero-order chi connectivity index (χ0) is 30.7. The Morgan fingerprint density at radius 2 is 1.81 bits per heavy atom. The van der Waals surface area contributed by atoms with Crippen molar-refractivity contribution in [2.75, 3.05) is 30.8 Å². The molecule has 5 rings (SSSR count). The molecule has 2 saturated carbocycles. The number of aromatic nitrogens is 4. The first-order valence-corrected chi connectivity index (χ1v) is 17.0. The van der Waals surface area contributed by atoms with E-state index in [4.69, 9.17) is 16.3 Å². The van der Waals surface area contributed by atoms with E-state index < -0.39 is 15.1 Å². The number of ether oxygens (including phenoxy) is 1. The normalized spacial score (nSPS) is 19.0. The molecule has 3 aromatic rings. The second-order valence-electron chi connectivity index (χ2n) is 11.9. The summed E-state index contributed by atoms with van der Waals surface area (Å²) >= 11 is 6.45. The molecule has 2 aliphatic rings. The summed E-state index contributed by atoms with van der Waals surface area (Å²) in [5, 5.41) is 17.0. The van der Waals surface area contributed by atoms with Crippen LogP contribution >= 0.6 is 11.6 Å². The van der Waals surface area contributed by atoms with Crippen LogP contribution in [-0.4, -0.2) is 65.7 Å². The molecule has 2 heterocycles. The highest BCUT2D eigenvalue weighted by molar-refractivity contribution is 7.92. The van der Waals surface area contributed by atoms with E-state index in [0.717, 1.165) is 63.1 Å². The number of halogens is 1. The molecule has 234 valence electrons. The summed E-state index contributed by atoms with van der Waals surface area (Å²) < 4.78 is 33.6. The minimum absolute atomic E-state index is 0.0525. The molecule has 0 amide bonds. The van der Waals surface area contributed by atoms with Gasteiger partial charge in [-0.15, -0.1) is 0 Å². The van der Waals surface area contributed by atoms with Crippen molar-refractivity contribution in [3.05, 3.63) is 40.7 Å². The highest BCUT2D eigenvalue weighted by atomic mass is 35.5. The molecule has 0 spiro atoms. The lowest BCUT2D eigenvalue weighted by atomic mass is 9.80. The molecule has 1 aromatic carbocycles. The number of anilines is 4. The van der Waals surface area contributed by atoms with Crippen molar-refractivity contribution < 1.29 is 13.2 Å². The molecule has 0 saturated heterocycles. The van der Waals surface area contributed by atoms with Crippen LogP contribution < -0.4 is 26.0 Å². The van der Waals surface area contributed by atoms with Crippen molar-refractivity contribution in [1.29, 1.82) is 0 Å². The van der Waals surface area contributed by atoms with Crippen LogP contribution in [-0.2, 0) is 16.9 Å².